The third-order valence-corrected chi connectivity index (χ3v) is 2.37. The van der Waals surface area contributed by atoms with Crippen molar-refractivity contribution in [2.45, 2.75) is 6.42 Å². The first kappa shape index (κ1) is 9.86. The van der Waals surface area contributed by atoms with Gasteiger partial charge in [-0.15, -0.1) is 0 Å². The van der Waals surface area contributed by atoms with Crippen molar-refractivity contribution in [3.63, 3.8) is 0 Å². The molecule has 1 aromatic heterocycles. The Bertz CT molecular complexity index is 288. The van der Waals surface area contributed by atoms with Crippen molar-refractivity contribution >= 4 is 37.6 Å². The van der Waals surface area contributed by atoms with Gasteiger partial charge in [0.15, 0.2) is 0 Å². The number of halogens is 2. The summed E-state index contributed by atoms with van der Waals surface area (Å²) in [5.74, 6) is 0.162. The molecule has 1 aromatic rings. The molecule has 0 aromatic carbocycles. The van der Waals surface area contributed by atoms with E-state index < -0.39 is 0 Å². The largest absolute Gasteiger partial charge is 0.298 e. The summed E-state index contributed by atoms with van der Waals surface area (Å²) in [6, 6.07) is 1.90. The number of ketones is 1. The normalized spacial score (nSPS) is 9.83. The number of hydrogen-bond acceptors (Lipinski definition) is 2. The average molecular weight is 293 g/mol. The van der Waals surface area contributed by atoms with Crippen molar-refractivity contribution in [3.05, 3.63) is 28.5 Å². The van der Waals surface area contributed by atoms with Crippen LogP contribution >= 0.6 is 31.9 Å². The number of pyridine rings is 1. The monoisotopic (exact) mass is 291 g/mol. The van der Waals surface area contributed by atoms with Gasteiger partial charge in [-0.05, 0) is 27.6 Å². The Morgan fingerprint density at radius 3 is 2.83 bits per heavy atom. The van der Waals surface area contributed by atoms with Gasteiger partial charge in [0.1, 0.15) is 5.78 Å². The number of aromatic nitrogens is 1. The van der Waals surface area contributed by atoms with Gasteiger partial charge in [-0.3, -0.25) is 9.78 Å². The summed E-state index contributed by atoms with van der Waals surface area (Å²) < 4.78 is 0.905. The SMILES string of the molecule is O=C(CBr)Cc1cncc(Br)c1. The first-order valence-corrected chi connectivity index (χ1v) is 5.31. The van der Waals surface area contributed by atoms with E-state index >= 15 is 0 Å². The Hall–Kier alpha value is -0.220. The first-order valence-electron chi connectivity index (χ1n) is 3.39. The summed E-state index contributed by atoms with van der Waals surface area (Å²) in [4.78, 5) is 15.0. The fraction of sp³-hybridized carbons (Fsp3) is 0.250. The van der Waals surface area contributed by atoms with E-state index in [0.29, 0.717) is 11.8 Å². The Morgan fingerprint density at radius 1 is 1.50 bits per heavy atom. The van der Waals surface area contributed by atoms with Crippen molar-refractivity contribution in [2.24, 2.45) is 0 Å². The van der Waals surface area contributed by atoms with Crippen LogP contribution in [-0.4, -0.2) is 16.1 Å². The number of hydrogen-bond donors (Lipinski definition) is 0. The molecule has 0 bridgehead atoms. The molecule has 0 aliphatic rings. The third-order valence-electron chi connectivity index (χ3n) is 1.31. The topological polar surface area (TPSA) is 30.0 Å². The maximum atomic E-state index is 11.0. The van der Waals surface area contributed by atoms with Gasteiger partial charge in [0.05, 0.1) is 5.33 Å². The summed E-state index contributed by atoms with van der Waals surface area (Å²) in [5, 5.41) is 0.402. The summed E-state index contributed by atoms with van der Waals surface area (Å²) in [6.45, 7) is 0. The summed E-state index contributed by atoms with van der Waals surface area (Å²) >= 11 is 6.40. The molecular weight excluding hydrogens is 286 g/mol. The Labute approximate surface area is 87.6 Å². The molecule has 0 radical (unpaired) electrons. The molecule has 0 spiro atoms. The summed E-state index contributed by atoms with van der Waals surface area (Å²) in [5.41, 5.74) is 0.939. The van der Waals surface area contributed by atoms with Gasteiger partial charge in [-0.1, -0.05) is 15.9 Å². The lowest BCUT2D eigenvalue weighted by Gasteiger charge is -1.97. The number of nitrogens with zero attached hydrogens (tertiary/aromatic N) is 1. The van der Waals surface area contributed by atoms with Crippen LogP contribution in [0.4, 0.5) is 0 Å². The second kappa shape index (κ2) is 4.72. The second-order valence-electron chi connectivity index (χ2n) is 2.36. The summed E-state index contributed by atoms with van der Waals surface area (Å²) in [6.07, 6.45) is 3.84. The van der Waals surface area contributed by atoms with Gasteiger partial charge >= 0.3 is 0 Å². The molecule has 0 N–H and O–H groups in total. The van der Waals surface area contributed by atoms with E-state index in [0.717, 1.165) is 10.0 Å². The maximum Gasteiger partial charge on any atom is 0.147 e. The zero-order chi connectivity index (χ0) is 8.97. The van der Waals surface area contributed by atoms with Crippen LogP contribution in [0, 0.1) is 0 Å². The minimum atomic E-state index is 0.162. The smallest absolute Gasteiger partial charge is 0.147 e. The zero-order valence-corrected chi connectivity index (χ0v) is 9.43. The molecule has 4 heteroatoms. The summed E-state index contributed by atoms with van der Waals surface area (Å²) in [7, 11) is 0. The molecule has 0 aliphatic carbocycles. The Morgan fingerprint density at radius 2 is 2.25 bits per heavy atom. The van der Waals surface area contributed by atoms with Gasteiger partial charge in [0.25, 0.3) is 0 Å². The molecule has 1 heterocycles. The molecule has 1 rings (SSSR count). The molecule has 2 nitrogen and oxygen atoms in total. The van der Waals surface area contributed by atoms with Gasteiger partial charge in [0, 0.05) is 23.3 Å². The van der Waals surface area contributed by atoms with Crippen molar-refractivity contribution in [2.75, 3.05) is 5.33 Å². The highest BCUT2D eigenvalue weighted by Gasteiger charge is 2.01. The Kier molecular flexibility index (Phi) is 3.88. The number of rotatable bonds is 3. The predicted molar refractivity (Wildman–Crippen MR) is 54.4 cm³/mol. The van der Waals surface area contributed by atoms with Crippen molar-refractivity contribution < 1.29 is 4.79 Å². The molecule has 0 amide bonds. The minimum Gasteiger partial charge on any atom is -0.298 e. The molecule has 0 fully saturated rings. The van der Waals surface area contributed by atoms with Crippen LogP contribution in [0.15, 0.2) is 22.9 Å². The van der Waals surface area contributed by atoms with Crippen molar-refractivity contribution in [3.8, 4) is 0 Å². The fourth-order valence-electron chi connectivity index (χ4n) is 0.827. The van der Waals surface area contributed by atoms with Gasteiger partial charge in [0.2, 0.25) is 0 Å². The standard InChI is InChI=1S/C8H7Br2NO/c9-3-8(12)2-6-1-7(10)5-11-4-6/h1,4-5H,2-3H2. The molecule has 0 aliphatic heterocycles. The molecule has 12 heavy (non-hydrogen) atoms. The molecule has 0 saturated heterocycles. The van der Waals surface area contributed by atoms with Crippen LogP contribution in [0.5, 0.6) is 0 Å². The van der Waals surface area contributed by atoms with E-state index in [1.54, 1.807) is 12.4 Å². The second-order valence-corrected chi connectivity index (χ2v) is 3.84. The zero-order valence-electron chi connectivity index (χ0n) is 6.26. The van der Waals surface area contributed by atoms with E-state index in [9.17, 15) is 4.79 Å². The highest BCUT2D eigenvalue weighted by atomic mass is 79.9. The van der Waals surface area contributed by atoms with Crippen molar-refractivity contribution in [1.82, 2.24) is 4.98 Å². The van der Waals surface area contributed by atoms with Crippen LogP contribution in [0.25, 0.3) is 0 Å². The molecule has 0 saturated carbocycles. The lowest BCUT2D eigenvalue weighted by atomic mass is 10.2. The van der Waals surface area contributed by atoms with Crippen LogP contribution in [0.2, 0.25) is 0 Å². The van der Waals surface area contributed by atoms with Crippen molar-refractivity contribution in [1.29, 1.82) is 0 Å². The molecular formula is C8H7Br2NO. The van der Waals surface area contributed by atoms with Gasteiger partial charge in [-0.25, -0.2) is 0 Å². The van der Waals surface area contributed by atoms with Crippen LogP contribution in [0.3, 0.4) is 0 Å². The van der Waals surface area contributed by atoms with Gasteiger partial charge < -0.3 is 0 Å². The van der Waals surface area contributed by atoms with E-state index in [4.69, 9.17) is 0 Å². The number of carbonyl (C=O) groups is 1. The average Bonchev–Trinajstić information content (AvgIpc) is 2.04. The molecule has 64 valence electrons. The fourth-order valence-corrected chi connectivity index (χ4v) is 1.44. The highest BCUT2D eigenvalue weighted by Crippen LogP contribution is 2.10. The first-order chi connectivity index (χ1) is 5.72. The number of Topliss-reactive ketones (excluding diaryl/α,β-unsaturated/α-hetero) is 1. The number of alkyl halides is 1. The minimum absolute atomic E-state index is 0.162. The van der Waals surface area contributed by atoms with Crippen LogP contribution in [0.1, 0.15) is 5.56 Å². The predicted octanol–water partition coefficient (Wildman–Crippen LogP) is 2.35. The quantitative estimate of drug-likeness (QED) is 0.801. The third kappa shape index (κ3) is 3.03. The van der Waals surface area contributed by atoms with Crippen LogP contribution in [-0.2, 0) is 11.2 Å². The Balaban J connectivity index is 2.69. The van der Waals surface area contributed by atoms with E-state index in [-0.39, 0.29) is 5.78 Å². The number of carbonyl (C=O) groups excluding carboxylic acids is 1. The lowest BCUT2D eigenvalue weighted by molar-refractivity contribution is -0.115. The lowest BCUT2D eigenvalue weighted by Crippen LogP contribution is -2.03. The molecule has 0 unspecified atom stereocenters. The van der Waals surface area contributed by atoms with Gasteiger partial charge in [-0.2, -0.15) is 0 Å². The molecule has 0 atom stereocenters. The van der Waals surface area contributed by atoms with E-state index in [1.165, 1.54) is 0 Å². The maximum absolute atomic E-state index is 11.0. The highest BCUT2D eigenvalue weighted by molar-refractivity contribution is 9.10. The van der Waals surface area contributed by atoms with E-state index in [1.807, 2.05) is 6.07 Å². The van der Waals surface area contributed by atoms with Crippen LogP contribution < -0.4 is 0 Å². The van der Waals surface area contributed by atoms with E-state index in [2.05, 4.69) is 36.8 Å².